The van der Waals surface area contributed by atoms with Crippen LogP contribution in [-0.4, -0.2) is 11.7 Å². The Kier molecular flexibility index (Phi) is 5.12. The van der Waals surface area contributed by atoms with Crippen molar-refractivity contribution in [2.24, 2.45) is 0 Å². The Morgan fingerprint density at radius 2 is 2.20 bits per heavy atom. The van der Waals surface area contributed by atoms with Crippen molar-refractivity contribution in [1.82, 2.24) is 10.5 Å². The van der Waals surface area contributed by atoms with Crippen molar-refractivity contribution in [3.8, 4) is 5.75 Å². The van der Waals surface area contributed by atoms with Gasteiger partial charge in [0, 0.05) is 18.7 Å². The van der Waals surface area contributed by atoms with Crippen molar-refractivity contribution in [1.29, 1.82) is 0 Å². The second-order valence-corrected chi connectivity index (χ2v) is 4.66. The highest BCUT2D eigenvalue weighted by atomic mass is 19.1. The zero-order valence-corrected chi connectivity index (χ0v) is 11.8. The third-order valence-corrected chi connectivity index (χ3v) is 2.87. The second-order valence-electron chi connectivity index (χ2n) is 4.66. The fourth-order valence-electron chi connectivity index (χ4n) is 1.72. The summed E-state index contributed by atoms with van der Waals surface area (Å²) in [5, 5.41) is 7.18. The molecule has 0 spiro atoms. The fraction of sp³-hybridized carbons (Fsp3) is 0.400. The zero-order valence-electron chi connectivity index (χ0n) is 11.8. The Morgan fingerprint density at radius 3 is 2.95 bits per heavy atom. The van der Waals surface area contributed by atoms with Gasteiger partial charge in [-0.2, -0.15) is 0 Å². The van der Waals surface area contributed by atoms with Crippen molar-refractivity contribution in [2.45, 2.75) is 33.4 Å². The molecule has 0 aliphatic carbocycles. The first-order chi connectivity index (χ1) is 9.69. The molecule has 0 fully saturated rings. The molecule has 0 aliphatic heterocycles. The predicted molar refractivity (Wildman–Crippen MR) is 74.0 cm³/mol. The van der Waals surface area contributed by atoms with Gasteiger partial charge in [-0.15, -0.1) is 0 Å². The summed E-state index contributed by atoms with van der Waals surface area (Å²) in [7, 11) is 0. The van der Waals surface area contributed by atoms with Gasteiger partial charge in [0.25, 0.3) is 0 Å². The standard InChI is InChI=1S/C15H19FN2O2/c1-3-6-17-9-12-7-14(20-18-12)10-19-13-5-4-11(2)15(16)8-13/h4-5,7-8,17H,3,6,9-10H2,1-2H3. The zero-order chi connectivity index (χ0) is 14.4. The van der Waals surface area contributed by atoms with E-state index in [9.17, 15) is 4.39 Å². The maximum absolute atomic E-state index is 13.4. The third-order valence-electron chi connectivity index (χ3n) is 2.87. The van der Waals surface area contributed by atoms with Crippen LogP contribution >= 0.6 is 0 Å². The monoisotopic (exact) mass is 278 g/mol. The molecule has 20 heavy (non-hydrogen) atoms. The first kappa shape index (κ1) is 14.5. The summed E-state index contributed by atoms with van der Waals surface area (Å²) in [6.07, 6.45) is 1.08. The number of hydrogen-bond acceptors (Lipinski definition) is 4. The molecule has 1 aromatic carbocycles. The highest BCUT2D eigenvalue weighted by molar-refractivity contribution is 5.28. The molecule has 0 amide bonds. The van der Waals surface area contributed by atoms with Gasteiger partial charge in [0.15, 0.2) is 5.76 Å². The molecule has 0 bridgehead atoms. The van der Waals surface area contributed by atoms with Crippen LogP contribution in [0.3, 0.4) is 0 Å². The molecule has 0 radical (unpaired) electrons. The molecule has 0 saturated heterocycles. The van der Waals surface area contributed by atoms with Crippen LogP contribution in [0.2, 0.25) is 0 Å². The number of nitrogens with zero attached hydrogens (tertiary/aromatic N) is 1. The molecule has 1 heterocycles. The Hall–Kier alpha value is -1.88. The molecule has 0 aliphatic rings. The molecule has 0 atom stereocenters. The minimum atomic E-state index is -0.274. The quantitative estimate of drug-likeness (QED) is 0.790. The molecule has 5 heteroatoms. The van der Waals surface area contributed by atoms with Crippen LogP contribution in [0, 0.1) is 12.7 Å². The van der Waals surface area contributed by atoms with Gasteiger partial charge in [0.1, 0.15) is 18.2 Å². The minimum absolute atomic E-state index is 0.239. The normalized spacial score (nSPS) is 10.8. The molecule has 1 aromatic heterocycles. The SMILES string of the molecule is CCCNCc1cc(COc2ccc(C)c(F)c2)on1. The van der Waals surface area contributed by atoms with E-state index in [2.05, 4.69) is 17.4 Å². The number of ether oxygens (including phenoxy) is 1. The topological polar surface area (TPSA) is 47.3 Å². The summed E-state index contributed by atoms with van der Waals surface area (Å²) >= 11 is 0. The average Bonchev–Trinajstić information content (AvgIpc) is 2.88. The van der Waals surface area contributed by atoms with Gasteiger partial charge in [0.2, 0.25) is 0 Å². The summed E-state index contributed by atoms with van der Waals surface area (Å²) in [6.45, 7) is 5.68. The molecule has 2 rings (SSSR count). The van der Waals surface area contributed by atoms with E-state index in [0.717, 1.165) is 18.7 Å². The first-order valence-electron chi connectivity index (χ1n) is 6.73. The van der Waals surface area contributed by atoms with Crippen molar-refractivity contribution < 1.29 is 13.7 Å². The van der Waals surface area contributed by atoms with Crippen molar-refractivity contribution in [3.05, 3.63) is 47.1 Å². The molecular weight excluding hydrogens is 259 g/mol. The lowest BCUT2D eigenvalue weighted by Crippen LogP contribution is -2.13. The maximum atomic E-state index is 13.4. The molecule has 108 valence electrons. The Labute approximate surface area is 117 Å². The number of aromatic nitrogens is 1. The first-order valence-corrected chi connectivity index (χ1v) is 6.73. The molecule has 1 N–H and O–H groups in total. The van der Waals surface area contributed by atoms with Crippen LogP contribution < -0.4 is 10.1 Å². The van der Waals surface area contributed by atoms with E-state index in [-0.39, 0.29) is 12.4 Å². The van der Waals surface area contributed by atoms with Gasteiger partial charge < -0.3 is 14.6 Å². The van der Waals surface area contributed by atoms with Crippen LogP contribution in [0.15, 0.2) is 28.8 Å². The predicted octanol–water partition coefficient (Wildman–Crippen LogP) is 3.20. The lowest BCUT2D eigenvalue weighted by atomic mass is 10.2. The molecule has 2 aromatic rings. The van der Waals surface area contributed by atoms with E-state index in [1.165, 1.54) is 6.07 Å². The van der Waals surface area contributed by atoms with Crippen LogP contribution in [0.1, 0.15) is 30.4 Å². The van der Waals surface area contributed by atoms with E-state index >= 15 is 0 Å². The number of nitrogens with one attached hydrogen (secondary N) is 1. The molecule has 0 unspecified atom stereocenters. The lowest BCUT2D eigenvalue weighted by Gasteiger charge is -2.04. The van der Waals surface area contributed by atoms with Crippen LogP contribution in [0.5, 0.6) is 5.75 Å². The maximum Gasteiger partial charge on any atom is 0.174 e. The van der Waals surface area contributed by atoms with Crippen LogP contribution in [0.4, 0.5) is 4.39 Å². The van der Waals surface area contributed by atoms with Gasteiger partial charge in [-0.1, -0.05) is 18.1 Å². The number of halogens is 1. The van der Waals surface area contributed by atoms with E-state index < -0.39 is 0 Å². The van der Waals surface area contributed by atoms with Crippen molar-refractivity contribution >= 4 is 0 Å². The van der Waals surface area contributed by atoms with E-state index in [4.69, 9.17) is 9.26 Å². The van der Waals surface area contributed by atoms with Gasteiger partial charge >= 0.3 is 0 Å². The largest absolute Gasteiger partial charge is 0.485 e. The summed E-state index contributed by atoms with van der Waals surface area (Å²) < 4.78 is 24.0. The van der Waals surface area contributed by atoms with E-state index in [1.807, 2.05) is 6.07 Å². The molecular formula is C15H19FN2O2. The summed E-state index contributed by atoms with van der Waals surface area (Å²) in [6, 6.07) is 6.63. The average molecular weight is 278 g/mol. The van der Waals surface area contributed by atoms with Gasteiger partial charge in [-0.05, 0) is 31.5 Å². The van der Waals surface area contributed by atoms with Crippen molar-refractivity contribution in [2.75, 3.05) is 6.54 Å². The van der Waals surface area contributed by atoms with E-state index in [1.54, 1.807) is 19.1 Å². The smallest absolute Gasteiger partial charge is 0.174 e. The van der Waals surface area contributed by atoms with Crippen LogP contribution in [0.25, 0.3) is 0 Å². The molecule has 0 saturated carbocycles. The fourth-order valence-corrected chi connectivity index (χ4v) is 1.72. The second kappa shape index (κ2) is 7.05. The van der Waals surface area contributed by atoms with Crippen LogP contribution in [-0.2, 0) is 13.2 Å². The minimum Gasteiger partial charge on any atom is -0.485 e. The number of rotatable bonds is 7. The Bertz CT molecular complexity index is 555. The van der Waals surface area contributed by atoms with Gasteiger partial charge in [-0.3, -0.25) is 0 Å². The summed E-state index contributed by atoms with van der Waals surface area (Å²) in [4.78, 5) is 0. The number of hydrogen-bond donors (Lipinski definition) is 1. The van der Waals surface area contributed by atoms with Crippen molar-refractivity contribution in [3.63, 3.8) is 0 Å². The highest BCUT2D eigenvalue weighted by Crippen LogP contribution is 2.17. The van der Waals surface area contributed by atoms with Gasteiger partial charge in [0.05, 0.1) is 5.69 Å². The summed E-state index contributed by atoms with van der Waals surface area (Å²) in [5.41, 5.74) is 1.44. The van der Waals surface area contributed by atoms with Gasteiger partial charge in [-0.25, -0.2) is 4.39 Å². The molecule has 4 nitrogen and oxygen atoms in total. The lowest BCUT2D eigenvalue weighted by molar-refractivity contribution is 0.247. The third kappa shape index (κ3) is 4.06. The number of aryl methyl sites for hydroxylation is 1. The highest BCUT2D eigenvalue weighted by Gasteiger charge is 2.06. The number of benzene rings is 1. The summed E-state index contributed by atoms with van der Waals surface area (Å²) in [5.74, 6) is 0.832. The Balaban J connectivity index is 1.85. The Morgan fingerprint density at radius 1 is 1.35 bits per heavy atom. The van der Waals surface area contributed by atoms with E-state index in [0.29, 0.717) is 23.6 Å².